The Morgan fingerprint density at radius 1 is 0.700 bits per heavy atom. The summed E-state index contributed by atoms with van der Waals surface area (Å²) in [6.07, 6.45) is 3.63. The van der Waals surface area contributed by atoms with Gasteiger partial charge in [-0.2, -0.15) is 0 Å². The molecule has 2 amide bonds. The van der Waals surface area contributed by atoms with Gasteiger partial charge in [-0.3, -0.25) is 0 Å². The van der Waals surface area contributed by atoms with E-state index in [1.807, 2.05) is 0 Å². The van der Waals surface area contributed by atoms with Crippen molar-refractivity contribution >= 4 is 30.1 Å². The van der Waals surface area contributed by atoms with E-state index >= 15 is 0 Å². The predicted octanol–water partition coefficient (Wildman–Crippen LogP) is 3.67. The molecule has 2 unspecified atom stereocenters. The van der Waals surface area contributed by atoms with E-state index in [4.69, 9.17) is 23.7 Å². The summed E-state index contributed by atoms with van der Waals surface area (Å²) in [5, 5.41) is 5.25. The fourth-order valence-electron chi connectivity index (χ4n) is 2.78. The minimum absolute atomic E-state index is 0.0667. The fraction of sp³-hybridized carbons (Fsp3) is 0.536. The van der Waals surface area contributed by atoms with Crippen molar-refractivity contribution in [2.24, 2.45) is 0 Å². The van der Waals surface area contributed by atoms with Gasteiger partial charge >= 0.3 is 30.1 Å². The van der Waals surface area contributed by atoms with E-state index in [-0.39, 0.29) is 31.0 Å². The topological polar surface area (TPSA) is 156 Å². The van der Waals surface area contributed by atoms with Crippen LogP contribution in [0.1, 0.15) is 52.4 Å². The van der Waals surface area contributed by atoms with E-state index in [1.165, 1.54) is 13.8 Å². The molecule has 0 aromatic rings. The predicted molar refractivity (Wildman–Crippen MR) is 147 cm³/mol. The Hall–Kier alpha value is -4.09. The summed E-state index contributed by atoms with van der Waals surface area (Å²) in [4.78, 5) is 58.6. The first-order valence-electron chi connectivity index (χ1n) is 12.9. The first-order chi connectivity index (χ1) is 19.0. The number of ether oxygens (including phenoxy) is 5. The van der Waals surface area contributed by atoms with Crippen LogP contribution in [0.3, 0.4) is 0 Å². The molecular formula is C28H42N2O10. The summed E-state index contributed by atoms with van der Waals surface area (Å²) in [5.41, 5.74) is 0.434. The van der Waals surface area contributed by atoms with Crippen LogP contribution in [0.15, 0.2) is 49.6 Å². The largest absolute Gasteiger partial charge is 0.458 e. The minimum Gasteiger partial charge on any atom is -0.458 e. The van der Waals surface area contributed by atoms with E-state index in [9.17, 15) is 24.0 Å². The molecule has 2 atom stereocenters. The van der Waals surface area contributed by atoms with Crippen molar-refractivity contribution in [1.29, 1.82) is 0 Å². The van der Waals surface area contributed by atoms with Crippen LogP contribution in [0.4, 0.5) is 9.59 Å². The highest BCUT2D eigenvalue weighted by Crippen LogP contribution is 2.07. The third-order valence-electron chi connectivity index (χ3n) is 4.96. The molecule has 12 heteroatoms. The number of hydrogen-bond acceptors (Lipinski definition) is 10. The zero-order chi connectivity index (χ0) is 30.3. The second kappa shape index (κ2) is 21.8. The van der Waals surface area contributed by atoms with Crippen molar-refractivity contribution in [3.05, 3.63) is 49.6 Å². The molecular weight excluding hydrogens is 524 g/mol. The lowest BCUT2D eigenvalue weighted by Crippen LogP contribution is -2.35. The molecule has 0 aliphatic heterocycles. The fourth-order valence-corrected chi connectivity index (χ4v) is 2.78. The van der Waals surface area contributed by atoms with Crippen molar-refractivity contribution in [2.45, 2.75) is 64.6 Å². The summed E-state index contributed by atoms with van der Waals surface area (Å²) >= 11 is 0. The van der Waals surface area contributed by atoms with E-state index in [0.717, 1.165) is 18.9 Å². The van der Waals surface area contributed by atoms with E-state index in [1.54, 1.807) is 6.08 Å². The molecule has 2 N–H and O–H groups in total. The molecule has 224 valence electrons. The van der Waals surface area contributed by atoms with Crippen LogP contribution in [0, 0.1) is 0 Å². The molecule has 0 aliphatic rings. The van der Waals surface area contributed by atoms with Crippen LogP contribution in [0.2, 0.25) is 0 Å². The van der Waals surface area contributed by atoms with Crippen molar-refractivity contribution in [1.82, 2.24) is 10.6 Å². The van der Waals surface area contributed by atoms with Gasteiger partial charge in [0.1, 0.15) is 25.9 Å². The maximum Gasteiger partial charge on any atom is 0.407 e. The average Bonchev–Trinajstić information content (AvgIpc) is 2.92. The molecule has 0 fully saturated rings. The number of carbonyl (C=O) groups excluding carboxylic acids is 5. The lowest BCUT2D eigenvalue weighted by atomic mass is 10.2. The monoisotopic (exact) mass is 566 g/mol. The molecule has 0 heterocycles. The van der Waals surface area contributed by atoms with Gasteiger partial charge < -0.3 is 34.3 Å². The number of alkyl carbamates (subject to hydrolysis) is 2. The number of nitrogens with one attached hydrogen (secondary N) is 2. The van der Waals surface area contributed by atoms with E-state index in [0.29, 0.717) is 38.8 Å². The Morgan fingerprint density at radius 2 is 1.15 bits per heavy atom. The van der Waals surface area contributed by atoms with Gasteiger partial charge in [0.15, 0.2) is 6.10 Å². The van der Waals surface area contributed by atoms with Gasteiger partial charge in [-0.05, 0) is 39.5 Å². The molecule has 40 heavy (non-hydrogen) atoms. The molecule has 0 bridgehead atoms. The van der Waals surface area contributed by atoms with Gasteiger partial charge in [-0.25, -0.2) is 24.0 Å². The average molecular weight is 567 g/mol. The number of allylic oxidation sites excluding steroid dienone is 1. The Labute approximate surface area is 235 Å². The molecule has 0 radical (unpaired) electrons. The highest BCUT2D eigenvalue weighted by molar-refractivity contribution is 5.87. The molecule has 0 saturated heterocycles. The van der Waals surface area contributed by atoms with Crippen molar-refractivity contribution in [3.8, 4) is 0 Å². The zero-order valence-electron chi connectivity index (χ0n) is 23.5. The van der Waals surface area contributed by atoms with Gasteiger partial charge in [0, 0.05) is 30.3 Å². The third kappa shape index (κ3) is 19.0. The number of esters is 3. The minimum atomic E-state index is -1.01. The quantitative estimate of drug-likeness (QED) is 0.0691. The number of unbranched alkanes of at least 4 members (excludes halogenated alkanes) is 3. The van der Waals surface area contributed by atoms with Gasteiger partial charge in [0.2, 0.25) is 0 Å². The highest BCUT2D eigenvalue weighted by atomic mass is 16.6. The number of carbonyl (C=O) groups is 5. The molecule has 0 saturated carbocycles. The Balaban J connectivity index is 4.22. The van der Waals surface area contributed by atoms with Crippen molar-refractivity contribution in [2.75, 3.05) is 32.9 Å². The molecule has 0 rings (SSSR count). The molecule has 0 spiro atoms. The second-order valence-electron chi connectivity index (χ2n) is 8.78. The Kier molecular flexibility index (Phi) is 19.6. The Bertz CT molecular complexity index is 900. The van der Waals surface area contributed by atoms with Crippen LogP contribution < -0.4 is 10.6 Å². The summed E-state index contributed by atoms with van der Waals surface area (Å²) in [6.45, 7) is 16.9. The van der Waals surface area contributed by atoms with Gasteiger partial charge in [0.25, 0.3) is 0 Å². The third-order valence-corrected chi connectivity index (χ3v) is 4.96. The normalized spacial score (nSPS) is 11.6. The van der Waals surface area contributed by atoms with Crippen LogP contribution in [0.5, 0.6) is 0 Å². The maximum atomic E-state index is 12.1. The molecule has 0 aromatic carbocycles. The van der Waals surface area contributed by atoms with Gasteiger partial charge in [-0.15, -0.1) is 6.58 Å². The standard InChI is InChI=1S/C28H42N2O10/c1-7-9-14-22(17-37-25(32)20(3)4)39-27(34)29-15-12-10-11-13-16-30-28(35)40-23(18-36-24(31)8-2)19-38-26(33)21(5)6/h7-8,22-23H,1-3,5,9-19H2,4,6H3,(H,29,34)(H,30,35). The van der Waals surface area contributed by atoms with Crippen LogP contribution in [0.25, 0.3) is 0 Å². The first kappa shape index (κ1) is 35.9. The molecule has 0 aromatic heterocycles. The smallest absolute Gasteiger partial charge is 0.407 e. The lowest BCUT2D eigenvalue weighted by molar-refractivity contribution is -0.147. The SMILES string of the molecule is C=CCCC(COC(=O)C(=C)C)OC(=O)NCCCCCCNC(=O)OC(COC(=O)C=C)COC(=O)C(=C)C. The van der Waals surface area contributed by atoms with Gasteiger partial charge in [-0.1, -0.05) is 38.7 Å². The number of hydrogen-bond donors (Lipinski definition) is 2. The zero-order valence-corrected chi connectivity index (χ0v) is 23.5. The lowest BCUT2D eigenvalue weighted by Gasteiger charge is -2.18. The first-order valence-corrected chi connectivity index (χ1v) is 12.9. The number of amides is 2. The van der Waals surface area contributed by atoms with Crippen LogP contribution in [-0.4, -0.2) is 75.2 Å². The van der Waals surface area contributed by atoms with Crippen molar-refractivity contribution in [3.63, 3.8) is 0 Å². The van der Waals surface area contributed by atoms with Crippen LogP contribution in [-0.2, 0) is 38.1 Å². The number of rotatable bonds is 21. The second-order valence-corrected chi connectivity index (χ2v) is 8.78. The summed E-state index contributed by atoms with van der Waals surface area (Å²) < 4.78 is 25.4. The molecule has 0 aliphatic carbocycles. The Morgan fingerprint density at radius 3 is 1.60 bits per heavy atom. The summed E-state index contributed by atoms with van der Waals surface area (Å²) in [7, 11) is 0. The van der Waals surface area contributed by atoms with E-state index < -0.39 is 42.3 Å². The van der Waals surface area contributed by atoms with Gasteiger partial charge in [0.05, 0.1) is 0 Å². The van der Waals surface area contributed by atoms with E-state index in [2.05, 4.69) is 36.9 Å². The highest BCUT2D eigenvalue weighted by Gasteiger charge is 2.19. The molecule has 12 nitrogen and oxygen atoms in total. The summed E-state index contributed by atoms with van der Waals surface area (Å²) in [5.74, 6) is -1.92. The van der Waals surface area contributed by atoms with Crippen LogP contribution >= 0.6 is 0 Å². The van der Waals surface area contributed by atoms with Crippen molar-refractivity contribution < 1.29 is 47.7 Å². The maximum absolute atomic E-state index is 12.1. The summed E-state index contributed by atoms with van der Waals surface area (Å²) in [6, 6.07) is 0.